The molecule has 0 fully saturated rings. The third kappa shape index (κ3) is 4.48. The minimum Gasteiger partial charge on any atom is -0.383 e. The van der Waals surface area contributed by atoms with Gasteiger partial charge >= 0.3 is 0 Å². The number of nitrogens with zero attached hydrogens (tertiary/aromatic N) is 2. The molecular formula is C21H20F2N2O4. The van der Waals surface area contributed by atoms with Crippen LogP contribution in [0.4, 0.5) is 8.78 Å². The summed E-state index contributed by atoms with van der Waals surface area (Å²) in [4.78, 5) is 40.1. The minimum atomic E-state index is -2.70. The number of methoxy groups -OCH3 is 1. The molecule has 3 rings (SSSR count). The molecule has 0 aromatic heterocycles. The van der Waals surface area contributed by atoms with Crippen molar-refractivity contribution in [1.82, 2.24) is 9.80 Å². The van der Waals surface area contributed by atoms with Gasteiger partial charge in [-0.15, -0.1) is 0 Å². The van der Waals surface area contributed by atoms with E-state index in [-0.39, 0.29) is 36.4 Å². The summed E-state index contributed by atoms with van der Waals surface area (Å²) in [6.45, 7) is -0.538. The van der Waals surface area contributed by atoms with E-state index in [9.17, 15) is 23.2 Å². The molecule has 0 N–H and O–H groups in total. The average molecular weight is 402 g/mol. The number of halogens is 2. The number of ether oxygens (including phenoxy) is 1. The Bertz CT molecular complexity index is 918. The fourth-order valence-electron chi connectivity index (χ4n) is 3.16. The standard InChI is InChI=1S/C21H20F2N2O4/c1-29-10-9-24(13-18(22)23)19(26)15-7-8-16-17(11-15)21(28)25(20(16)27)12-14-5-3-2-4-6-14/h2-8,11,18H,9-10,12-13H2,1H3. The van der Waals surface area contributed by atoms with Gasteiger partial charge in [0, 0.05) is 19.2 Å². The number of alkyl halides is 2. The van der Waals surface area contributed by atoms with Crippen LogP contribution in [0.15, 0.2) is 48.5 Å². The van der Waals surface area contributed by atoms with Gasteiger partial charge in [0.05, 0.1) is 30.8 Å². The van der Waals surface area contributed by atoms with Gasteiger partial charge in [-0.25, -0.2) is 8.78 Å². The third-order valence-corrected chi connectivity index (χ3v) is 4.61. The van der Waals surface area contributed by atoms with Crippen molar-refractivity contribution in [3.63, 3.8) is 0 Å². The van der Waals surface area contributed by atoms with Crippen molar-refractivity contribution >= 4 is 17.7 Å². The second kappa shape index (κ2) is 8.91. The highest BCUT2D eigenvalue weighted by Crippen LogP contribution is 2.26. The number of fused-ring (bicyclic) bond motifs is 1. The molecule has 2 aromatic rings. The smallest absolute Gasteiger partial charge is 0.261 e. The van der Waals surface area contributed by atoms with E-state index in [0.717, 1.165) is 15.4 Å². The molecule has 6 nitrogen and oxygen atoms in total. The summed E-state index contributed by atoms with van der Waals surface area (Å²) in [5, 5.41) is 0. The van der Waals surface area contributed by atoms with Crippen LogP contribution in [-0.2, 0) is 11.3 Å². The first kappa shape index (κ1) is 20.6. The van der Waals surface area contributed by atoms with E-state index in [0.29, 0.717) is 0 Å². The Hall–Kier alpha value is -3.13. The molecule has 152 valence electrons. The Balaban J connectivity index is 1.84. The lowest BCUT2D eigenvalue weighted by Gasteiger charge is -2.22. The number of hydrogen-bond acceptors (Lipinski definition) is 4. The van der Waals surface area contributed by atoms with Gasteiger partial charge in [0.25, 0.3) is 24.1 Å². The Morgan fingerprint density at radius 1 is 1.07 bits per heavy atom. The molecule has 0 aliphatic carbocycles. The van der Waals surface area contributed by atoms with E-state index in [4.69, 9.17) is 4.74 Å². The topological polar surface area (TPSA) is 66.9 Å². The molecular weight excluding hydrogens is 382 g/mol. The summed E-state index contributed by atoms with van der Waals surface area (Å²) in [7, 11) is 1.41. The molecule has 1 aliphatic rings. The molecule has 0 radical (unpaired) electrons. The van der Waals surface area contributed by atoms with Crippen molar-refractivity contribution < 1.29 is 27.9 Å². The number of imide groups is 1. The van der Waals surface area contributed by atoms with Crippen LogP contribution in [0.2, 0.25) is 0 Å². The minimum absolute atomic E-state index is 0.0102. The molecule has 0 saturated carbocycles. The van der Waals surface area contributed by atoms with Gasteiger partial charge < -0.3 is 9.64 Å². The monoisotopic (exact) mass is 402 g/mol. The summed E-state index contributed by atoms with van der Waals surface area (Å²) in [5.41, 5.74) is 1.16. The molecule has 1 aliphatic heterocycles. The second-order valence-electron chi connectivity index (χ2n) is 6.58. The molecule has 3 amide bonds. The Kier molecular flexibility index (Phi) is 6.33. The highest BCUT2D eigenvalue weighted by molar-refractivity contribution is 6.22. The highest BCUT2D eigenvalue weighted by Gasteiger charge is 2.36. The number of amides is 3. The Labute approximate surface area is 166 Å². The van der Waals surface area contributed by atoms with E-state index in [1.165, 1.54) is 25.3 Å². The van der Waals surface area contributed by atoms with Crippen molar-refractivity contribution in [2.24, 2.45) is 0 Å². The number of rotatable bonds is 8. The summed E-state index contributed by atoms with van der Waals surface area (Å²) < 4.78 is 30.5. The zero-order valence-corrected chi connectivity index (χ0v) is 15.8. The maximum atomic E-state index is 12.8. The normalized spacial score (nSPS) is 13.2. The summed E-state index contributed by atoms with van der Waals surface area (Å²) in [6.07, 6.45) is -2.70. The summed E-state index contributed by atoms with van der Waals surface area (Å²) in [6, 6.07) is 13.1. The van der Waals surface area contributed by atoms with Gasteiger partial charge in [0.2, 0.25) is 0 Å². The SMILES string of the molecule is COCCN(CC(F)F)C(=O)c1ccc2c(c1)C(=O)N(Cc1ccccc1)C2=O. The van der Waals surface area contributed by atoms with E-state index in [1.807, 2.05) is 18.2 Å². The molecule has 1 heterocycles. The first-order valence-electron chi connectivity index (χ1n) is 9.03. The van der Waals surface area contributed by atoms with Crippen molar-refractivity contribution in [1.29, 1.82) is 0 Å². The maximum absolute atomic E-state index is 12.8. The molecule has 29 heavy (non-hydrogen) atoms. The van der Waals surface area contributed by atoms with Crippen LogP contribution in [0, 0.1) is 0 Å². The first-order chi connectivity index (χ1) is 13.9. The molecule has 0 unspecified atom stereocenters. The van der Waals surface area contributed by atoms with Gasteiger partial charge in [-0.3, -0.25) is 19.3 Å². The maximum Gasteiger partial charge on any atom is 0.261 e. The van der Waals surface area contributed by atoms with Crippen LogP contribution in [0.3, 0.4) is 0 Å². The van der Waals surface area contributed by atoms with E-state index >= 15 is 0 Å². The average Bonchev–Trinajstić information content (AvgIpc) is 2.95. The number of benzene rings is 2. The van der Waals surface area contributed by atoms with Crippen molar-refractivity contribution in [3.05, 3.63) is 70.8 Å². The van der Waals surface area contributed by atoms with Crippen LogP contribution in [0.1, 0.15) is 36.6 Å². The molecule has 0 spiro atoms. The van der Waals surface area contributed by atoms with Crippen LogP contribution >= 0.6 is 0 Å². The Morgan fingerprint density at radius 2 is 1.76 bits per heavy atom. The third-order valence-electron chi connectivity index (χ3n) is 4.61. The Morgan fingerprint density at radius 3 is 2.41 bits per heavy atom. The van der Waals surface area contributed by atoms with E-state index < -0.39 is 30.7 Å². The van der Waals surface area contributed by atoms with Crippen LogP contribution in [0.5, 0.6) is 0 Å². The summed E-state index contributed by atoms with van der Waals surface area (Å²) >= 11 is 0. The number of hydrogen-bond donors (Lipinski definition) is 0. The quantitative estimate of drug-likeness (QED) is 0.637. The van der Waals surface area contributed by atoms with E-state index in [2.05, 4.69) is 0 Å². The van der Waals surface area contributed by atoms with Gasteiger partial charge in [-0.2, -0.15) is 0 Å². The van der Waals surface area contributed by atoms with Gasteiger partial charge in [0.1, 0.15) is 0 Å². The zero-order valence-electron chi connectivity index (χ0n) is 15.8. The van der Waals surface area contributed by atoms with Crippen LogP contribution in [-0.4, -0.2) is 60.8 Å². The first-order valence-corrected chi connectivity index (χ1v) is 9.03. The lowest BCUT2D eigenvalue weighted by Crippen LogP contribution is -2.37. The van der Waals surface area contributed by atoms with Crippen molar-refractivity contribution in [2.45, 2.75) is 13.0 Å². The predicted molar refractivity (Wildman–Crippen MR) is 101 cm³/mol. The fourth-order valence-corrected chi connectivity index (χ4v) is 3.16. The van der Waals surface area contributed by atoms with Gasteiger partial charge in [-0.05, 0) is 23.8 Å². The molecule has 0 saturated heterocycles. The van der Waals surface area contributed by atoms with Crippen molar-refractivity contribution in [3.8, 4) is 0 Å². The fraction of sp³-hybridized carbons (Fsp3) is 0.286. The molecule has 8 heteroatoms. The molecule has 2 aromatic carbocycles. The number of carbonyl (C=O) groups is 3. The molecule has 0 atom stereocenters. The summed E-state index contributed by atoms with van der Waals surface area (Å²) in [5.74, 6) is -1.61. The molecule has 0 bridgehead atoms. The number of carbonyl (C=O) groups excluding carboxylic acids is 3. The zero-order chi connectivity index (χ0) is 21.0. The van der Waals surface area contributed by atoms with Crippen LogP contribution < -0.4 is 0 Å². The predicted octanol–water partition coefficient (Wildman–Crippen LogP) is 2.84. The lowest BCUT2D eigenvalue weighted by molar-refractivity contribution is 0.0478. The van der Waals surface area contributed by atoms with E-state index in [1.54, 1.807) is 12.1 Å². The lowest BCUT2D eigenvalue weighted by atomic mass is 10.0. The van der Waals surface area contributed by atoms with Gasteiger partial charge in [0.15, 0.2) is 0 Å². The highest BCUT2D eigenvalue weighted by atomic mass is 19.3. The van der Waals surface area contributed by atoms with Crippen molar-refractivity contribution in [2.75, 3.05) is 26.8 Å². The largest absolute Gasteiger partial charge is 0.383 e. The van der Waals surface area contributed by atoms with Crippen LogP contribution in [0.25, 0.3) is 0 Å². The second-order valence-corrected chi connectivity index (χ2v) is 6.58. The van der Waals surface area contributed by atoms with Gasteiger partial charge in [-0.1, -0.05) is 30.3 Å².